The molecule has 1 aromatic heterocycles. The zero-order valence-corrected chi connectivity index (χ0v) is 15.5. The van der Waals surface area contributed by atoms with Gasteiger partial charge in [0, 0.05) is 44.0 Å². The number of halogens is 1. The fraction of sp³-hybridized carbons (Fsp3) is 0.316. The van der Waals surface area contributed by atoms with Crippen LogP contribution in [0.25, 0.3) is 0 Å². The third kappa shape index (κ3) is 4.20. The minimum Gasteiger partial charge on any atom is -0.465 e. The normalized spacial score (nSPS) is 14.7. The van der Waals surface area contributed by atoms with Crippen molar-refractivity contribution >= 4 is 23.5 Å². The topological polar surface area (TPSA) is 103 Å². The SMILES string of the molecule is Cc1ccc(N(C(N)=O)c2cccc(CN3CCN(C(=O)O)CC3)c2F)cn1. The summed E-state index contributed by atoms with van der Waals surface area (Å²) in [5.74, 6) is -0.539. The molecule has 0 radical (unpaired) electrons. The molecule has 0 aliphatic carbocycles. The minimum absolute atomic E-state index is 0.0554. The van der Waals surface area contributed by atoms with E-state index < -0.39 is 17.9 Å². The van der Waals surface area contributed by atoms with Gasteiger partial charge in [-0.05, 0) is 25.1 Å². The van der Waals surface area contributed by atoms with E-state index in [-0.39, 0.29) is 5.69 Å². The number of primary amides is 1. The highest BCUT2D eigenvalue weighted by molar-refractivity contribution is 5.98. The van der Waals surface area contributed by atoms with Gasteiger partial charge in [-0.3, -0.25) is 14.8 Å². The predicted molar refractivity (Wildman–Crippen MR) is 102 cm³/mol. The quantitative estimate of drug-likeness (QED) is 0.839. The summed E-state index contributed by atoms with van der Waals surface area (Å²) in [5, 5.41) is 9.03. The summed E-state index contributed by atoms with van der Waals surface area (Å²) in [6, 6.07) is 7.37. The molecule has 0 unspecified atom stereocenters. The van der Waals surface area contributed by atoms with Crippen LogP contribution >= 0.6 is 0 Å². The molecule has 3 rings (SSSR count). The summed E-state index contributed by atoms with van der Waals surface area (Å²) in [6.07, 6.45) is 0.522. The summed E-state index contributed by atoms with van der Waals surface area (Å²) in [4.78, 5) is 31.6. The molecule has 0 saturated carbocycles. The van der Waals surface area contributed by atoms with Crippen LogP contribution in [0.1, 0.15) is 11.3 Å². The fourth-order valence-corrected chi connectivity index (χ4v) is 3.18. The van der Waals surface area contributed by atoms with Crippen LogP contribution in [0, 0.1) is 12.7 Å². The maximum absolute atomic E-state index is 15.2. The van der Waals surface area contributed by atoms with Gasteiger partial charge in [-0.1, -0.05) is 12.1 Å². The lowest BCUT2D eigenvalue weighted by Crippen LogP contribution is -2.47. The molecule has 28 heavy (non-hydrogen) atoms. The Morgan fingerprint density at radius 1 is 1.21 bits per heavy atom. The number of aromatic nitrogens is 1. The number of nitrogens with zero attached hydrogens (tertiary/aromatic N) is 4. The number of carboxylic acid groups (broad SMARTS) is 1. The number of hydrogen-bond donors (Lipinski definition) is 2. The highest BCUT2D eigenvalue weighted by Crippen LogP contribution is 2.29. The van der Waals surface area contributed by atoms with Gasteiger partial charge in [0.15, 0.2) is 5.82 Å². The van der Waals surface area contributed by atoms with E-state index in [1.807, 2.05) is 11.8 Å². The maximum Gasteiger partial charge on any atom is 0.407 e. The number of amides is 3. The smallest absolute Gasteiger partial charge is 0.407 e. The number of pyridine rings is 1. The summed E-state index contributed by atoms with van der Waals surface area (Å²) in [6.45, 7) is 3.89. The largest absolute Gasteiger partial charge is 0.465 e. The molecule has 8 nitrogen and oxygen atoms in total. The molecule has 1 fully saturated rings. The molecule has 148 valence electrons. The lowest BCUT2D eigenvalue weighted by molar-refractivity contribution is 0.102. The molecule has 0 bridgehead atoms. The molecular weight excluding hydrogens is 365 g/mol. The van der Waals surface area contributed by atoms with E-state index in [1.165, 1.54) is 17.2 Å². The lowest BCUT2D eigenvalue weighted by atomic mass is 10.1. The summed E-state index contributed by atoms with van der Waals surface area (Å²) in [7, 11) is 0. The number of carbonyl (C=O) groups is 2. The van der Waals surface area contributed by atoms with Crippen LogP contribution in [0.15, 0.2) is 36.5 Å². The van der Waals surface area contributed by atoms with Crippen LogP contribution in [-0.4, -0.2) is 58.2 Å². The zero-order chi connectivity index (χ0) is 20.3. The van der Waals surface area contributed by atoms with Crippen LogP contribution in [0.3, 0.4) is 0 Å². The molecule has 1 saturated heterocycles. The lowest BCUT2D eigenvalue weighted by Gasteiger charge is -2.33. The molecule has 3 amide bonds. The third-order valence-electron chi connectivity index (χ3n) is 4.71. The van der Waals surface area contributed by atoms with Crippen molar-refractivity contribution in [3.63, 3.8) is 0 Å². The Labute approximate surface area is 162 Å². The van der Waals surface area contributed by atoms with E-state index in [4.69, 9.17) is 10.8 Å². The zero-order valence-electron chi connectivity index (χ0n) is 15.5. The van der Waals surface area contributed by atoms with Gasteiger partial charge in [-0.25, -0.2) is 14.0 Å². The first-order valence-corrected chi connectivity index (χ1v) is 8.86. The van der Waals surface area contributed by atoms with Gasteiger partial charge in [0.25, 0.3) is 0 Å². The first-order valence-electron chi connectivity index (χ1n) is 8.86. The Hall–Kier alpha value is -3.20. The Kier molecular flexibility index (Phi) is 5.74. The van der Waals surface area contributed by atoms with E-state index in [0.717, 1.165) is 10.6 Å². The van der Waals surface area contributed by atoms with Crippen LogP contribution < -0.4 is 10.6 Å². The molecule has 2 aromatic rings. The average molecular weight is 387 g/mol. The van der Waals surface area contributed by atoms with Crippen LogP contribution in [-0.2, 0) is 6.54 Å². The first kappa shape index (κ1) is 19.6. The molecule has 9 heteroatoms. The highest BCUT2D eigenvalue weighted by atomic mass is 19.1. The molecular formula is C19H22FN5O3. The number of aryl methyl sites for hydroxylation is 1. The molecule has 1 aromatic carbocycles. The van der Waals surface area contributed by atoms with Gasteiger partial charge >= 0.3 is 12.1 Å². The van der Waals surface area contributed by atoms with Crippen molar-refractivity contribution in [2.45, 2.75) is 13.5 Å². The number of hydrogen-bond acceptors (Lipinski definition) is 4. The van der Waals surface area contributed by atoms with Crippen LogP contribution in [0.4, 0.5) is 25.4 Å². The number of benzene rings is 1. The number of piperazine rings is 1. The Balaban J connectivity index is 1.82. The standard InChI is InChI=1S/C19H22FN5O3/c1-13-5-6-15(11-22-13)25(18(21)26)16-4-2-3-14(17(16)20)12-23-7-9-24(10-8-23)19(27)28/h2-6,11H,7-10,12H2,1H3,(H2,21,26)(H,27,28). The van der Waals surface area contributed by atoms with Crippen molar-refractivity contribution in [3.05, 3.63) is 53.6 Å². The minimum atomic E-state index is -0.948. The maximum atomic E-state index is 15.2. The fourth-order valence-electron chi connectivity index (χ4n) is 3.18. The average Bonchev–Trinajstić information content (AvgIpc) is 2.66. The number of anilines is 2. The molecule has 3 N–H and O–H groups in total. The number of urea groups is 1. The summed E-state index contributed by atoms with van der Waals surface area (Å²) < 4.78 is 15.2. The highest BCUT2D eigenvalue weighted by Gasteiger charge is 2.24. The molecule has 1 aliphatic heterocycles. The van der Waals surface area contributed by atoms with E-state index >= 15 is 4.39 Å². The molecule has 2 heterocycles. The molecule has 0 spiro atoms. The summed E-state index contributed by atoms with van der Waals surface area (Å²) >= 11 is 0. The van der Waals surface area contributed by atoms with Gasteiger partial charge in [0.2, 0.25) is 0 Å². The Morgan fingerprint density at radius 2 is 1.93 bits per heavy atom. The van der Waals surface area contributed by atoms with Gasteiger partial charge in [-0.2, -0.15) is 0 Å². The summed E-state index contributed by atoms with van der Waals surface area (Å²) in [5.41, 5.74) is 7.12. The second-order valence-corrected chi connectivity index (χ2v) is 6.63. The number of rotatable bonds is 4. The second kappa shape index (κ2) is 8.22. The van der Waals surface area contributed by atoms with Crippen LogP contribution in [0.2, 0.25) is 0 Å². The Bertz CT molecular complexity index is 866. The van der Waals surface area contributed by atoms with E-state index in [0.29, 0.717) is 44.0 Å². The van der Waals surface area contributed by atoms with E-state index in [2.05, 4.69) is 4.98 Å². The van der Waals surface area contributed by atoms with Crippen molar-refractivity contribution in [1.29, 1.82) is 0 Å². The molecule has 1 aliphatic rings. The van der Waals surface area contributed by atoms with Gasteiger partial charge in [-0.15, -0.1) is 0 Å². The number of carbonyl (C=O) groups excluding carboxylic acids is 1. The van der Waals surface area contributed by atoms with Crippen molar-refractivity contribution in [3.8, 4) is 0 Å². The van der Waals surface area contributed by atoms with Gasteiger partial charge < -0.3 is 15.7 Å². The second-order valence-electron chi connectivity index (χ2n) is 6.63. The van der Waals surface area contributed by atoms with Crippen molar-refractivity contribution in [1.82, 2.24) is 14.8 Å². The number of nitrogens with two attached hydrogens (primary N) is 1. The third-order valence-corrected chi connectivity index (χ3v) is 4.71. The Morgan fingerprint density at radius 3 is 2.50 bits per heavy atom. The van der Waals surface area contributed by atoms with Gasteiger partial charge in [0.05, 0.1) is 17.6 Å². The van der Waals surface area contributed by atoms with Crippen molar-refractivity contribution < 1.29 is 19.1 Å². The first-order chi connectivity index (χ1) is 13.4. The predicted octanol–water partition coefficient (Wildman–Crippen LogP) is 2.54. The van der Waals surface area contributed by atoms with E-state index in [1.54, 1.807) is 24.3 Å². The van der Waals surface area contributed by atoms with E-state index in [9.17, 15) is 9.59 Å². The van der Waals surface area contributed by atoms with Crippen LogP contribution in [0.5, 0.6) is 0 Å². The van der Waals surface area contributed by atoms with Crippen molar-refractivity contribution in [2.75, 3.05) is 31.1 Å². The van der Waals surface area contributed by atoms with Crippen molar-refractivity contribution in [2.24, 2.45) is 5.73 Å². The van der Waals surface area contributed by atoms with Gasteiger partial charge in [0.1, 0.15) is 0 Å². The molecule has 0 atom stereocenters. The monoisotopic (exact) mass is 387 g/mol.